The Bertz CT molecular complexity index is 382. The minimum absolute atomic E-state index is 0.525. The van der Waals surface area contributed by atoms with E-state index in [0.717, 1.165) is 18.8 Å². The molecule has 0 unspecified atom stereocenters. The van der Waals surface area contributed by atoms with Crippen molar-refractivity contribution in [1.82, 2.24) is 4.98 Å². The number of aryl methyl sites for hydroxylation is 1. The second kappa shape index (κ2) is 6.02. The van der Waals surface area contributed by atoms with Gasteiger partial charge in [-0.05, 0) is 39.0 Å². The van der Waals surface area contributed by atoms with E-state index in [1.807, 2.05) is 0 Å². The van der Waals surface area contributed by atoms with Gasteiger partial charge in [0.2, 0.25) is 0 Å². The van der Waals surface area contributed by atoms with E-state index in [0.29, 0.717) is 12.6 Å². The van der Waals surface area contributed by atoms with Crippen molar-refractivity contribution in [2.75, 3.05) is 11.4 Å². The maximum atomic E-state index is 5.84. The lowest BCUT2D eigenvalue weighted by Gasteiger charge is -2.26. The molecular formula is C14H25N3S. The van der Waals surface area contributed by atoms with Gasteiger partial charge in [-0.25, -0.2) is 4.98 Å². The van der Waals surface area contributed by atoms with Gasteiger partial charge in [0.1, 0.15) is 0 Å². The standard InChI is InChI=1S/C14H25N3S/c1-4-5-12-13(8-15)18-14(16-12)17(10(2)3)9-11-6-7-11/h10-11H,4-9,15H2,1-3H3. The van der Waals surface area contributed by atoms with E-state index in [4.69, 9.17) is 10.7 Å². The van der Waals surface area contributed by atoms with Crippen LogP contribution in [0, 0.1) is 5.92 Å². The Hall–Kier alpha value is -0.610. The summed E-state index contributed by atoms with van der Waals surface area (Å²) in [6.07, 6.45) is 4.97. The fourth-order valence-electron chi connectivity index (χ4n) is 2.17. The fraction of sp³-hybridized carbons (Fsp3) is 0.786. The maximum Gasteiger partial charge on any atom is 0.186 e. The number of hydrogen-bond acceptors (Lipinski definition) is 4. The Kier molecular flexibility index (Phi) is 4.62. The molecule has 0 spiro atoms. The molecule has 0 atom stereocenters. The summed E-state index contributed by atoms with van der Waals surface area (Å²) in [7, 11) is 0. The first-order valence-electron chi connectivity index (χ1n) is 7.11. The van der Waals surface area contributed by atoms with Gasteiger partial charge >= 0.3 is 0 Å². The summed E-state index contributed by atoms with van der Waals surface area (Å²) in [5.74, 6) is 0.896. The Morgan fingerprint density at radius 1 is 1.44 bits per heavy atom. The second-order valence-corrected chi connectivity index (χ2v) is 6.57. The highest BCUT2D eigenvalue weighted by molar-refractivity contribution is 7.15. The summed E-state index contributed by atoms with van der Waals surface area (Å²) in [6.45, 7) is 8.50. The molecule has 2 rings (SSSR count). The molecule has 3 nitrogen and oxygen atoms in total. The average molecular weight is 267 g/mol. The zero-order valence-corrected chi connectivity index (χ0v) is 12.6. The summed E-state index contributed by atoms with van der Waals surface area (Å²) in [5.41, 5.74) is 7.06. The van der Waals surface area contributed by atoms with Crippen LogP contribution in [0.5, 0.6) is 0 Å². The zero-order valence-electron chi connectivity index (χ0n) is 11.8. The van der Waals surface area contributed by atoms with Crippen LogP contribution in [0.3, 0.4) is 0 Å². The lowest BCUT2D eigenvalue weighted by Crippen LogP contribution is -2.32. The molecule has 0 saturated heterocycles. The molecule has 0 bridgehead atoms. The summed E-state index contributed by atoms with van der Waals surface area (Å²) < 4.78 is 0. The molecular weight excluding hydrogens is 242 g/mol. The molecule has 0 amide bonds. The van der Waals surface area contributed by atoms with Gasteiger partial charge in [0.25, 0.3) is 0 Å². The molecule has 1 saturated carbocycles. The maximum absolute atomic E-state index is 5.84. The van der Waals surface area contributed by atoms with Crippen LogP contribution in [-0.4, -0.2) is 17.6 Å². The van der Waals surface area contributed by atoms with Crippen LogP contribution in [0.4, 0.5) is 5.13 Å². The number of rotatable bonds is 7. The number of nitrogens with two attached hydrogens (primary N) is 1. The molecule has 1 aliphatic carbocycles. The SMILES string of the molecule is CCCc1nc(N(CC2CC2)C(C)C)sc1CN. The third kappa shape index (κ3) is 3.23. The normalized spacial score (nSPS) is 15.4. The summed E-state index contributed by atoms with van der Waals surface area (Å²) in [5, 5.41) is 1.18. The number of aromatic nitrogens is 1. The van der Waals surface area contributed by atoms with E-state index in [-0.39, 0.29) is 0 Å². The van der Waals surface area contributed by atoms with Crippen LogP contribution in [0.25, 0.3) is 0 Å². The first-order chi connectivity index (χ1) is 8.65. The van der Waals surface area contributed by atoms with Gasteiger partial charge in [0.05, 0.1) is 5.69 Å². The van der Waals surface area contributed by atoms with Crippen molar-refractivity contribution < 1.29 is 0 Å². The topological polar surface area (TPSA) is 42.2 Å². The number of thiazole rings is 1. The van der Waals surface area contributed by atoms with Crippen LogP contribution in [0.15, 0.2) is 0 Å². The van der Waals surface area contributed by atoms with Gasteiger partial charge in [0, 0.05) is 24.0 Å². The van der Waals surface area contributed by atoms with E-state index >= 15 is 0 Å². The molecule has 1 aromatic rings. The van der Waals surface area contributed by atoms with Crippen LogP contribution in [0.2, 0.25) is 0 Å². The quantitative estimate of drug-likeness (QED) is 0.825. The fourth-order valence-corrected chi connectivity index (χ4v) is 3.30. The van der Waals surface area contributed by atoms with Crippen molar-refractivity contribution in [3.05, 3.63) is 10.6 Å². The van der Waals surface area contributed by atoms with Gasteiger partial charge in [-0.1, -0.05) is 13.3 Å². The van der Waals surface area contributed by atoms with Crippen molar-refractivity contribution in [1.29, 1.82) is 0 Å². The van der Waals surface area contributed by atoms with Crippen molar-refractivity contribution in [2.45, 2.75) is 59.0 Å². The van der Waals surface area contributed by atoms with Gasteiger partial charge in [-0.3, -0.25) is 0 Å². The van der Waals surface area contributed by atoms with Gasteiger partial charge in [-0.2, -0.15) is 0 Å². The van der Waals surface area contributed by atoms with E-state index in [1.165, 1.54) is 35.1 Å². The highest BCUT2D eigenvalue weighted by Gasteiger charge is 2.27. The number of hydrogen-bond donors (Lipinski definition) is 1. The van der Waals surface area contributed by atoms with Crippen LogP contribution in [-0.2, 0) is 13.0 Å². The molecule has 102 valence electrons. The molecule has 0 aliphatic heterocycles. The van der Waals surface area contributed by atoms with E-state index < -0.39 is 0 Å². The van der Waals surface area contributed by atoms with Gasteiger partial charge < -0.3 is 10.6 Å². The van der Waals surface area contributed by atoms with Crippen molar-refractivity contribution in [2.24, 2.45) is 11.7 Å². The van der Waals surface area contributed by atoms with Crippen LogP contribution >= 0.6 is 11.3 Å². The molecule has 1 aliphatic rings. The molecule has 18 heavy (non-hydrogen) atoms. The van der Waals surface area contributed by atoms with Crippen LogP contribution < -0.4 is 10.6 Å². The predicted molar refractivity (Wildman–Crippen MR) is 79.2 cm³/mol. The molecule has 1 heterocycles. The van der Waals surface area contributed by atoms with Gasteiger partial charge in [-0.15, -0.1) is 11.3 Å². The molecule has 2 N–H and O–H groups in total. The third-order valence-electron chi connectivity index (χ3n) is 3.46. The minimum Gasteiger partial charge on any atom is -0.345 e. The highest BCUT2D eigenvalue weighted by Crippen LogP contribution is 2.34. The molecule has 1 aromatic heterocycles. The van der Waals surface area contributed by atoms with E-state index in [9.17, 15) is 0 Å². The van der Waals surface area contributed by atoms with Crippen molar-refractivity contribution in [3.8, 4) is 0 Å². The predicted octanol–water partition coefficient (Wildman–Crippen LogP) is 3.18. The Morgan fingerprint density at radius 3 is 2.67 bits per heavy atom. The number of nitrogens with zero attached hydrogens (tertiary/aromatic N) is 2. The minimum atomic E-state index is 0.525. The molecule has 1 fully saturated rings. The summed E-state index contributed by atoms with van der Waals surface area (Å²) >= 11 is 1.80. The first kappa shape index (κ1) is 13.8. The lowest BCUT2D eigenvalue weighted by atomic mass is 10.2. The summed E-state index contributed by atoms with van der Waals surface area (Å²) in [4.78, 5) is 8.57. The monoisotopic (exact) mass is 267 g/mol. The zero-order chi connectivity index (χ0) is 13.1. The smallest absolute Gasteiger partial charge is 0.186 e. The van der Waals surface area contributed by atoms with Gasteiger partial charge in [0.15, 0.2) is 5.13 Å². The first-order valence-corrected chi connectivity index (χ1v) is 7.92. The Balaban J connectivity index is 2.17. The van der Waals surface area contributed by atoms with Crippen LogP contribution in [0.1, 0.15) is 50.6 Å². The van der Waals surface area contributed by atoms with Crippen molar-refractivity contribution >= 4 is 16.5 Å². The second-order valence-electron chi connectivity index (χ2n) is 5.51. The molecule has 0 aromatic carbocycles. The Labute approximate surface area is 114 Å². The lowest BCUT2D eigenvalue weighted by molar-refractivity contribution is 0.641. The molecule has 4 heteroatoms. The number of anilines is 1. The Morgan fingerprint density at radius 2 is 2.17 bits per heavy atom. The van der Waals surface area contributed by atoms with E-state index in [1.54, 1.807) is 11.3 Å². The summed E-state index contributed by atoms with van der Waals surface area (Å²) in [6, 6.07) is 0.525. The molecule has 0 radical (unpaired) electrons. The average Bonchev–Trinajstić information content (AvgIpc) is 3.07. The largest absolute Gasteiger partial charge is 0.345 e. The highest BCUT2D eigenvalue weighted by atomic mass is 32.1. The van der Waals surface area contributed by atoms with E-state index in [2.05, 4.69) is 25.7 Å². The van der Waals surface area contributed by atoms with Crippen molar-refractivity contribution in [3.63, 3.8) is 0 Å². The third-order valence-corrected chi connectivity index (χ3v) is 4.62.